The lowest BCUT2D eigenvalue weighted by atomic mass is 9.92. The number of pyridine rings is 1. The number of benzene rings is 1. The van der Waals surface area contributed by atoms with Crippen LogP contribution in [0.15, 0.2) is 48.4 Å². The molecule has 0 unspecified atom stereocenters. The molecule has 9 heteroatoms. The van der Waals surface area contributed by atoms with Crippen LogP contribution in [-0.4, -0.2) is 60.3 Å². The Labute approximate surface area is 203 Å². The molecular formula is C26H27FN4O4. The number of aromatic nitrogens is 1. The number of allylic oxidation sites excluding steroid dienone is 1. The molecule has 35 heavy (non-hydrogen) atoms. The number of carbonyl (C=O) groups excluding carboxylic acids is 2. The molecule has 4 heterocycles. The Kier molecular flexibility index (Phi) is 5.70. The van der Waals surface area contributed by atoms with Gasteiger partial charge < -0.3 is 24.6 Å². The van der Waals surface area contributed by atoms with Crippen LogP contribution >= 0.6 is 0 Å². The van der Waals surface area contributed by atoms with E-state index in [4.69, 9.17) is 9.47 Å². The topological polar surface area (TPSA) is 84.0 Å². The standard InChI is InChI=1S/C26H27FN4O4/c1-4-34-25(33)31-11-9-30(10-12-31)22-13-16(7-8-28-22)19-15-21(35-26(19,2)3)23-18-6-5-17(27)14-20(18)29-24(23)32/h5-8,13-15H,4,9-12H2,1-3H3,(H,29,32)/b23-21+. The van der Waals surface area contributed by atoms with E-state index in [1.807, 2.05) is 32.1 Å². The van der Waals surface area contributed by atoms with Gasteiger partial charge in [-0.25, -0.2) is 14.2 Å². The van der Waals surface area contributed by atoms with Gasteiger partial charge in [0.05, 0.1) is 17.9 Å². The molecule has 0 atom stereocenters. The minimum Gasteiger partial charge on any atom is -0.482 e. The molecule has 0 spiro atoms. The number of nitrogens with zero attached hydrogens (tertiary/aromatic N) is 3. The van der Waals surface area contributed by atoms with Crippen LogP contribution in [0.2, 0.25) is 0 Å². The Morgan fingerprint density at radius 3 is 2.71 bits per heavy atom. The smallest absolute Gasteiger partial charge is 0.409 e. The van der Waals surface area contributed by atoms with E-state index in [9.17, 15) is 14.0 Å². The Morgan fingerprint density at radius 2 is 1.97 bits per heavy atom. The summed E-state index contributed by atoms with van der Waals surface area (Å²) in [5.41, 5.74) is 2.61. The molecule has 5 rings (SSSR count). The minimum absolute atomic E-state index is 0.287. The average molecular weight is 479 g/mol. The summed E-state index contributed by atoms with van der Waals surface area (Å²) >= 11 is 0. The molecule has 1 aromatic heterocycles. The van der Waals surface area contributed by atoms with E-state index in [-0.39, 0.29) is 12.0 Å². The second-order valence-corrected chi connectivity index (χ2v) is 9.13. The number of nitrogens with one attached hydrogen (secondary N) is 1. The van der Waals surface area contributed by atoms with Crippen molar-refractivity contribution in [2.45, 2.75) is 26.4 Å². The van der Waals surface area contributed by atoms with Gasteiger partial charge in [-0.1, -0.05) is 0 Å². The quantitative estimate of drug-likeness (QED) is 0.670. The van der Waals surface area contributed by atoms with Gasteiger partial charge in [0.25, 0.3) is 5.91 Å². The first-order valence-electron chi connectivity index (χ1n) is 11.7. The molecular weight excluding hydrogens is 451 g/mol. The molecule has 0 aliphatic carbocycles. The third-order valence-electron chi connectivity index (χ3n) is 6.45. The zero-order chi connectivity index (χ0) is 24.7. The molecule has 182 valence electrons. The van der Waals surface area contributed by atoms with Crippen LogP contribution in [0.5, 0.6) is 0 Å². The van der Waals surface area contributed by atoms with Crippen molar-refractivity contribution in [3.8, 4) is 0 Å². The van der Waals surface area contributed by atoms with Gasteiger partial charge >= 0.3 is 6.09 Å². The largest absolute Gasteiger partial charge is 0.482 e. The molecule has 0 saturated carbocycles. The number of piperazine rings is 1. The maximum atomic E-state index is 13.6. The van der Waals surface area contributed by atoms with E-state index in [1.165, 1.54) is 12.1 Å². The lowest BCUT2D eigenvalue weighted by molar-refractivity contribution is -0.111. The van der Waals surface area contributed by atoms with Gasteiger partial charge in [0, 0.05) is 43.5 Å². The number of fused-ring (bicyclic) bond motifs is 1. The normalized spacial score (nSPS) is 20.8. The first kappa shape index (κ1) is 22.9. The average Bonchev–Trinajstić information content (AvgIpc) is 3.33. The highest BCUT2D eigenvalue weighted by Gasteiger charge is 2.38. The number of anilines is 2. The number of hydrogen-bond donors (Lipinski definition) is 1. The summed E-state index contributed by atoms with van der Waals surface area (Å²) in [5, 5.41) is 2.72. The highest BCUT2D eigenvalue weighted by Crippen LogP contribution is 2.44. The van der Waals surface area contributed by atoms with Crippen molar-refractivity contribution >= 4 is 34.7 Å². The number of amides is 2. The second-order valence-electron chi connectivity index (χ2n) is 9.13. The summed E-state index contributed by atoms with van der Waals surface area (Å²) in [6, 6.07) is 8.15. The van der Waals surface area contributed by atoms with Gasteiger partial charge in [-0.05, 0) is 62.7 Å². The zero-order valence-corrected chi connectivity index (χ0v) is 19.9. The fraction of sp³-hybridized carbons (Fsp3) is 0.346. The van der Waals surface area contributed by atoms with Crippen molar-refractivity contribution in [2.24, 2.45) is 0 Å². The molecule has 1 saturated heterocycles. The molecule has 1 N–H and O–H groups in total. The minimum atomic E-state index is -0.688. The highest BCUT2D eigenvalue weighted by atomic mass is 19.1. The Balaban J connectivity index is 1.43. The van der Waals surface area contributed by atoms with E-state index < -0.39 is 11.4 Å². The Bertz CT molecular complexity index is 1260. The maximum absolute atomic E-state index is 13.6. The van der Waals surface area contributed by atoms with E-state index in [1.54, 1.807) is 24.1 Å². The van der Waals surface area contributed by atoms with Crippen LogP contribution < -0.4 is 10.2 Å². The monoisotopic (exact) mass is 478 g/mol. The van der Waals surface area contributed by atoms with E-state index >= 15 is 0 Å². The van der Waals surface area contributed by atoms with Gasteiger partial charge in [0.15, 0.2) is 0 Å². The van der Waals surface area contributed by atoms with E-state index in [2.05, 4.69) is 15.2 Å². The van der Waals surface area contributed by atoms with Gasteiger partial charge in [-0.15, -0.1) is 0 Å². The molecule has 2 amide bonds. The van der Waals surface area contributed by atoms with Crippen LogP contribution in [0.4, 0.5) is 20.7 Å². The number of ether oxygens (including phenoxy) is 2. The van der Waals surface area contributed by atoms with Gasteiger partial charge in [-0.3, -0.25) is 4.79 Å². The number of carbonyl (C=O) groups is 2. The lowest BCUT2D eigenvalue weighted by Gasteiger charge is -2.35. The van der Waals surface area contributed by atoms with Gasteiger partial charge in [0.1, 0.15) is 23.0 Å². The summed E-state index contributed by atoms with van der Waals surface area (Å²) in [4.78, 5) is 33.1. The molecule has 1 fully saturated rings. The van der Waals surface area contributed by atoms with Crippen molar-refractivity contribution in [1.29, 1.82) is 0 Å². The summed E-state index contributed by atoms with van der Waals surface area (Å²) in [6.07, 6.45) is 3.35. The van der Waals surface area contributed by atoms with Crippen molar-refractivity contribution in [3.05, 3.63) is 65.3 Å². The van der Waals surface area contributed by atoms with Crippen LogP contribution in [0.3, 0.4) is 0 Å². The molecule has 2 aromatic rings. The lowest BCUT2D eigenvalue weighted by Crippen LogP contribution is -2.49. The summed E-state index contributed by atoms with van der Waals surface area (Å²) in [7, 11) is 0. The SMILES string of the molecule is CCOC(=O)N1CCN(c2cc(C3=C/C(=C4\C(=O)Nc5cc(F)ccc54)OC3(C)C)ccn2)CC1. The highest BCUT2D eigenvalue weighted by molar-refractivity contribution is 6.32. The van der Waals surface area contributed by atoms with Crippen molar-refractivity contribution < 1.29 is 23.5 Å². The third-order valence-corrected chi connectivity index (χ3v) is 6.45. The van der Waals surface area contributed by atoms with Gasteiger partial charge in [-0.2, -0.15) is 0 Å². The molecule has 3 aliphatic rings. The van der Waals surface area contributed by atoms with Crippen molar-refractivity contribution in [3.63, 3.8) is 0 Å². The summed E-state index contributed by atoms with van der Waals surface area (Å²) in [5.74, 6) is 0.535. The molecule has 8 nitrogen and oxygen atoms in total. The first-order valence-corrected chi connectivity index (χ1v) is 11.7. The Hall–Kier alpha value is -3.88. The van der Waals surface area contributed by atoms with Crippen LogP contribution in [0.1, 0.15) is 31.9 Å². The van der Waals surface area contributed by atoms with Crippen molar-refractivity contribution in [2.75, 3.05) is 43.0 Å². The van der Waals surface area contributed by atoms with E-state index in [0.717, 1.165) is 17.0 Å². The number of halogens is 1. The fourth-order valence-electron chi connectivity index (χ4n) is 4.70. The fourth-order valence-corrected chi connectivity index (χ4v) is 4.70. The van der Waals surface area contributed by atoms with Crippen LogP contribution in [0.25, 0.3) is 11.1 Å². The van der Waals surface area contributed by atoms with Gasteiger partial charge in [0.2, 0.25) is 0 Å². The number of rotatable bonds is 3. The molecule has 0 radical (unpaired) electrons. The second kappa shape index (κ2) is 8.72. The van der Waals surface area contributed by atoms with Crippen LogP contribution in [-0.2, 0) is 14.3 Å². The molecule has 3 aliphatic heterocycles. The van der Waals surface area contributed by atoms with Crippen LogP contribution in [0, 0.1) is 5.82 Å². The first-order chi connectivity index (χ1) is 16.8. The number of hydrogen-bond acceptors (Lipinski definition) is 6. The summed E-state index contributed by atoms with van der Waals surface area (Å²) in [6.45, 7) is 8.48. The maximum Gasteiger partial charge on any atom is 0.409 e. The third kappa shape index (κ3) is 4.22. The van der Waals surface area contributed by atoms with E-state index in [0.29, 0.717) is 55.4 Å². The molecule has 1 aromatic carbocycles. The summed E-state index contributed by atoms with van der Waals surface area (Å²) < 4.78 is 25.0. The predicted molar refractivity (Wildman–Crippen MR) is 130 cm³/mol. The zero-order valence-electron chi connectivity index (χ0n) is 19.9. The van der Waals surface area contributed by atoms with Crippen molar-refractivity contribution in [1.82, 2.24) is 9.88 Å². The molecule has 0 bridgehead atoms. The predicted octanol–water partition coefficient (Wildman–Crippen LogP) is 4.05. The Morgan fingerprint density at radius 1 is 1.20 bits per heavy atom.